The van der Waals surface area contributed by atoms with E-state index in [1.807, 2.05) is 30.5 Å². The normalized spacial score (nSPS) is 20.5. The van der Waals surface area contributed by atoms with Crippen LogP contribution in [0.15, 0.2) is 59.9 Å². The first kappa shape index (κ1) is 21.6. The number of hydrogen-bond acceptors (Lipinski definition) is 3. The van der Waals surface area contributed by atoms with Crippen LogP contribution in [0.4, 0.5) is 10.1 Å². The van der Waals surface area contributed by atoms with E-state index in [1.165, 1.54) is 11.6 Å². The molecule has 1 saturated carbocycles. The molecule has 1 aromatic heterocycles. The molecule has 0 radical (unpaired) electrons. The van der Waals surface area contributed by atoms with Gasteiger partial charge in [-0.15, -0.1) is 0 Å². The van der Waals surface area contributed by atoms with E-state index < -0.39 is 0 Å². The van der Waals surface area contributed by atoms with Crippen molar-refractivity contribution < 1.29 is 9.23 Å². The molecule has 1 aliphatic rings. The van der Waals surface area contributed by atoms with Crippen LogP contribution < -0.4 is 5.32 Å². The summed E-state index contributed by atoms with van der Waals surface area (Å²) in [7, 11) is 1.57. The number of oxime groups is 1. The van der Waals surface area contributed by atoms with Crippen molar-refractivity contribution in [3.8, 4) is 0 Å². The minimum atomic E-state index is -0.210. The standard InChI is InChI=1S/C25H27ClFN3O/c1-16(25(30-31-2)29-21-10-7-19(26)8-11-21)17-3-5-18(6-4-17)22-13-14-28-24-12-9-20(27)15-23(22)24/h7-18H,3-6H2,1-2H3,(H,29,30). The fourth-order valence-electron chi connectivity index (χ4n) is 4.65. The van der Waals surface area contributed by atoms with Gasteiger partial charge < -0.3 is 10.2 Å². The predicted octanol–water partition coefficient (Wildman–Crippen LogP) is 7.01. The highest BCUT2D eigenvalue weighted by molar-refractivity contribution is 6.30. The molecule has 4 nitrogen and oxygen atoms in total. The maximum atomic E-state index is 13.8. The van der Waals surface area contributed by atoms with Gasteiger partial charge in [0.05, 0.1) is 5.52 Å². The SMILES string of the molecule is CO/N=C(\Nc1ccc(Cl)cc1)C(C)C1CCC(c2ccnc3ccc(F)cc23)CC1. The van der Waals surface area contributed by atoms with Gasteiger partial charge in [0.2, 0.25) is 0 Å². The van der Waals surface area contributed by atoms with Crippen molar-refractivity contribution in [1.29, 1.82) is 0 Å². The van der Waals surface area contributed by atoms with Gasteiger partial charge in [0.1, 0.15) is 18.8 Å². The lowest BCUT2D eigenvalue weighted by Crippen LogP contribution is -2.30. The number of halogens is 2. The van der Waals surface area contributed by atoms with E-state index in [1.54, 1.807) is 19.2 Å². The lowest BCUT2D eigenvalue weighted by molar-refractivity contribution is 0.206. The summed E-state index contributed by atoms with van der Waals surface area (Å²) < 4.78 is 13.8. The van der Waals surface area contributed by atoms with Crippen LogP contribution >= 0.6 is 11.6 Å². The van der Waals surface area contributed by atoms with Gasteiger partial charge >= 0.3 is 0 Å². The monoisotopic (exact) mass is 439 g/mol. The molecule has 1 fully saturated rings. The molecule has 0 aliphatic heterocycles. The molecule has 0 bridgehead atoms. The molecule has 1 atom stereocenters. The molecule has 1 N–H and O–H groups in total. The summed E-state index contributed by atoms with van der Waals surface area (Å²) >= 11 is 6.00. The number of hydrogen-bond donors (Lipinski definition) is 1. The summed E-state index contributed by atoms with van der Waals surface area (Å²) in [5.74, 6) is 1.75. The molecule has 31 heavy (non-hydrogen) atoms. The minimum Gasteiger partial charge on any atom is -0.398 e. The molecule has 0 spiro atoms. The molecule has 0 amide bonds. The highest BCUT2D eigenvalue weighted by atomic mass is 35.5. The summed E-state index contributed by atoms with van der Waals surface area (Å²) in [6.07, 6.45) is 6.12. The van der Waals surface area contributed by atoms with Gasteiger partial charge in [-0.05, 0) is 91.6 Å². The van der Waals surface area contributed by atoms with Gasteiger partial charge in [-0.1, -0.05) is 23.7 Å². The van der Waals surface area contributed by atoms with Crippen LogP contribution in [0.1, 0.15) is 44.1 Å². The maximum absolute atomic E-state index is 13.8. The summed E-state index contributed by atoms with van der Waals surface area (Å²) in [6, 6.07) is 14.5. The van der Waals surface area contributed by atoms with Crippen molar-refractivity contribution in [3.05, 3.63) is 71.1 Å². The maximum Gasteiger partial charge on any atom is 0.149 e. The van der Waals surface area contributed by atoms with Crippen LogP contribution in [0.2, 0.25) is 5.02 Å². The molecule has 1 heterocycles. The second-order valence-electron chi connectivity index (χ2n) is 8.25. The number of amidine groups is 1. The van der Waals surface area contributed by atoms with E-state index in [4.69, 9.17) is 16.4 Å². The van der Waals surface area contributed by atoms with Crippen LogP contribution in [0, 0.1) is 17.7 Å². The van der Waals surface area contributed by atoms with Crippen LogP contribution in [0.5, 0.6) is 0 Å². The molecule has 1 unspecified atom stereocenters. The van der Waals surface area contributed by atoms with Gasteiger partial charge in [-0.2, -0.15) is 0 Å². The van der Waals surface area contributed by atoms with Crippen molar-refractivity contribution in [1.82, 2.24) is 4.98 Å². The average molecular weight is 440 g/mol. The van der Waals surface area contributed by atoms with Crippen molar-refractivity contribution in [2.24, 2.45) is 17.0 Å². The Morgan fingerprint density at radius 3 is 2.58 bits per heavy atom. The van der Waals surface area contributed by atoms with Crippen molar-refractivity contribution in [3.63, 3.8) is 0 Å². The number of nitrogens with zero attached hydrogens (tertiary/aromatic N) is 2. The Hall–Kier alpha value is -2.66. The Kier molecular flexibility index (Phi) is 6.71. The Morgan fingerprint density at radius 2 is 1.87 bits per heavy atom. The zero-order valence-electron chi connectivity index (χ0n) is 17.8. The van der Waals surface area contributed by atoms with Crippen LogP contribution in [0.3, 0.4) is 0 Å². The second kappa shape index (κ2) is 9.65. The third-order valence-electron chi connectivity index (χ3n) is 6.39. The highest BCUT2D eigenvalue weighted by Gasteiger charge is 2.30. The quantitative estimate of drug-likeness (QED) is 0.264. The molecule has 0 saturated heterocycles. The largest absolute Gasteiger partial charge is 0.398 e. The zero-order valence-corrected chi connectivity index (χ0v) is 18.6. The van der Waals surface area contributed by atoms with E-state index in [0.717, 1.165) is 48.1 Å². The Labute approximate surface area is 187 Å². The van der Waals surface area contributed by atoms with Gasteiger partial charge in [0.25, 0.3) is 0 Å². The summed E-state index contributed by atoms with van der Waals surface area (Å²) in [6.45, 7) is 2.20. The van der Waals surface area contributed by atoms with Crippen LogP contribution in [-0.4, -0.2) is 17.9 Å². The Morgan fingerprint density at radius 1 is 1.13 bits per heavy atom. The first-order chi connectivity index (χ1) is 15.0. The van der Waals surface area contributed by atoms with E-state index in [0.29, 0.717) is 16.9 Å². The summed E-state index contributed by atoms with van der Waals surface area (Å²) in [5.41, 5.74) is 3.00. The number of anilines is 1. The Balaban J connectivity index is 1.45. The molecular formula is C25H27ClFN3O. The minimum absolute atomic E-state index is 0.210. The van der Waals surface area contributed by atoms with E-state index >= 15 is 0 Å². The first-order valence-corrected chi connectivity index (χ1v) is 11.1. The number of aromatic nitrogens is 1. The lowest BCUT2D eigenvalue weighted by atomic mass is 9.73. The van der Waals surface area contributed by atoms with Crippen molar-refractivity contribution in [2.75, 3.05) is 12.4 Å². The highest BCUT2D eigenvalue weighted by Crippen LogP contribution is 2.41. The van der Waals surface area contributed by atoms with Gasteiger partial charge in [-0.25, -0.2) is 4.39 Å². The number of pyridine rings is 1. The van der Waals surface area contributed by atoms with Crippen molar-refractivity contribution >= 4 is 34.0 Å². The summed E-state index contributed by atoms with van der Waals surface area (Å²) in [4.78, 5) is 9.52. The van der Waals surface area contributed by atoms with E-state index in [2.05, 4.69) is 28.4 Å². The van der Waals surface area contributed by atoms with E-state index in [-0.39, 0.29) is 11.7 Å². The average Bonchev–Trinajstić information content (AvgIpc) is 2.79. The van der Waals surface area contributed by atoms with Crippen molar-refractivity contribution in [2.45, 2.75) is 38.5 Å². The van der Waals surface area contributed by atoms with E-state index in [9.17, 15) is 4.39 Å². The predicted molar refractivity (Wildman–Crippen MR) is 125 cm³/mol. The molecule has 2 aromatic carbocycles. The fourth-order valence-corrected chi connectivity index (χ4v) is 4.77. The van der Waals surface area contributed by atoms with Gasteiger partial charge in [0.15, 0.2) is 0 Å². The molecule has 4 rings (SSSR count). The number of nitrogens with one attached hydrogen (secondary N) is 1. The lowest BCUT2D eigenvalue weighted by Gasteiger charge is -2.33. The third kappa shape index (κ3) is 4.99. The molecule has 3 aromatic rings. The molecule has 162 valence electrons. The van der Waals surface area contributed by atoms with Crippen LogP contribution in [0.25, 0.3) is 10.9 Å². The number of fused-ring (bicyclic) bond motifs is 1. The van der Waals surface area contributed by atoms with Gasteiger partial charge in [-0.3, -0.25) is 4.98 Å². The second-order valence-corrected chi connectivity index (χ2v) is 8.69. The fraction of sp³-hybridized carbons (Fsp3) is 0.360. The Bertz CT molecular complexity index is 1060. The van der Waals surface area contributed by atoms with Gasteiger partial charge in [0, 0.05) is 28.2 Å². The van der Waals surface area contributed by atoms with Crippen LogP contribution in [-0.2, 0) is 4.84 Å². The summed E-state index contributed by atoms with van der Waals surface area (Å²) in [5, 5.41) is 9.30. The zero-order chi connectivity index (χ0) is 21.8. The topological polar surface area (TPSA) is 46.5 Å². The smallest absolute Gasteiger partial charge is 0.149 e. The molecular weight excluding hydrogens is 413 g/mol. The molecule has 6 heteroatoms. The third-order valence-corrected chi connectivity index (χ3v) is 6.65. The molecule has 1 aliphatic carbocycles. The number of rotatable bonds is 5. The first-order valence-electron chi connectivity index (χ1n) is 10.7. The number of benzene rings is 2.